The van der Waals surface area contributed by atoms with Crippen LogP contribution in [-0.2, 0) is 26.0 Å². The van der Waals surface area contributed by atoms with Gasteiger partial charge in [-0.05, 0) is 67.1 Å². The molecule has 0 unspecified atom stereocenters. The number of aromatic nitrogens is 1. The number of carbonyl (C=O) groups is 4. The van der Waals surface area contributed by atoms with Gasteiger partial charge in [0.25, 0.3) is 27.8 Å². The summed E-state index contributed by atoms with van der Waals surface area (Å²) in [6.45, 7) is -0.167. The molecule has 0 fully saturated rings. The first kappa shape index (κ1) is 34.2. The number of rotatable bonds is 12. The van der Waals surface area contributed by atoms with E-state index >= 15 is 0 Å². The first-order valence-corrected chi connectivity index (χ1v) is 13.5. The van der Waals surface area contributed by atoms with Crippen LogP contribution in [0, 0.1) is 0 Å². The summed E-state index contributed by atoms with van der Waals surface area (Å²) in [5.41, 5.74) is 0.865. The predicted octanol–water partition coefficient (Wildman–Crippen LogP) is -1.12. The van der Waals surface area contributed by atoms with Gasteiger partial charge in [-0.1, -0.05) is 6.07 Å². The van der Waals surface area contributed by atoms with Crippen LogP contribution in [0.5, 0.6) is 11.5 Å². The minimum atomic E-state index is -4.28. The maximum atomic E-state index is 12.7. The van der Waals surface area contributed by atoms with Crippen LogP contribution in [0.15, 0.2) is 65.7 Å². The topological polar surface area (TPSA) is 181 Å². The minimum absolute atomic E-state index is 0. The van der Waals surface area contributed by atoms with Crippen molar-refractivity contribution in [2.45, 2.75) is 11.3 Å². The smallest absolute Gasteiger partial charge is 0.639 e. The molecular formula is C27H27N4NaO9S. The maximum Gasteiger partial charge on any atom is 1.00 e. The zero-order valence-corrected chi connectivity index (χ0v) is 26.2. The minimum Gasteiger partial charge on any atom is -0.639 e. The van der Waals surface area contributed by atoms with E-state index in [1.54, 1.807) is 13.2 Å². The monoisotopic (exact) mass is 606 g/mol. The van der Waals surface area contributed by atoms with E-state index in [9.17, 15) is 27.6 Å². The van der Waals surface area contributed by atoms with Crippen LogP contribution in [0.1, 0.15) is 36.8 Å². The molecule has 216 valence electrons. The number of benzene rings is 2. The standard InChI is InChI=1S/C27H28N4O9S.Na/c1-38-22-11-4-17(14-23(22)39-2)12-13-28-25(33)18-5-8-20(9-6-18)41(36,37)31-26(34)19-7-10-21(29-15-19)27(35)30-16-24(32)40-3;/h4-11,14-15H,12-13,16H2,1-3H3,(H3,28,30,31,33,34,35);/q;+1/p-1. The van der Waals surface area contributed by atoms with E-state index in [1.807, 2.05) is 16.9 Å². The van der Waals surface area contributed by atoms with Gasteiger partial charge in [0.2, 0.25) is 0 Å². The molecule has 0 saturated heterocycles. The summed E-state index contributed by atoms with van der Waals surface area (Å²) in [5, 5.41) is 6.25. The number of nitrogens with zero attached hydrogens (tertiary/aromatic N) is 2. The van der Waals surface area contributed by atoms with Gasteiger partial charge in [0.05, 0.1) is 37.5 Å². The maximum absolute atomic E-state index is 12.7. The van der Waals surface area contributed by atoms with Crippen LogP contribution >= 0.6 is 0 Å². The van der Waals surface area contributed by atoms with E-state index < -0.39 is 40.3 Å². The van der Waals surface area contributed by atoms with Crippen LogP contribution in [0.3, 0.4) is 0 Å². The van der Waals surface area contributed by atoms with E-state index in [-0.39, 0.29) is 51.3 Å². The van der Waals surface area contributed by atoms with Crippen molar-refractivity contribution in [2.75, 3.05) is 34.4 Å². The summed E-state index contributed by atoms with van der Waals surface area (Å²) in [6, 6.07) is 12.8. The normalized spacial score (nSPS) is 10.5. The number of esters is 1. The van der Waals surface area contributed by atoms with Crippen molar-refractivity contribution in [3.63, 3.8) is 0 Å². The molecule has 0 bridgehead atoms. The van der Waals surface area contributed by atoms with Crippen molar-refractivity contribution in [1.29, 1.82) is 0 Å². The van der Waals surface area contributed by atoms with E-state index in [0.717, 1.165) is 18.9 Å². The van der Waals surface area contributed by atoms with E-state index in [0.29, 0.717) is 24.5 Å². The molecule has 0 radical (unpaired) electrons. The summed E-state index contributed by atoms with van der Waals surface area (Å²) in [7, 11) is -0.0565. The first-order chi connectivity index (χ1) is 19.6. The second kappa shape index (κ2) is 15.9. The number of ether oxygens (including phenoxy) is 3. The Labute approximate surface area is 264 Å². The second-order valence-corrected chi connectivity index (χ2v) is 9.97. The molecule has 3 rings (SSSR count). The fourth-order valence-electron chi connectivity index (χ4n) is 3.42. The Morgan fingerprint density at radius 1 is 0.857 bits per heavy atom. The van der Waals surface area contributed by atoms with E-state index in [2.05, 4.69) is 20.4 Å². The van der Waals surface area contributed by atoms with Crippen LogP contribution in [0.25, 0.3) is 5.32 Å². The second-order valence-electron chi connectivity index (χ2n) is 8.28. The fraction of sp³-hybridized carbons (Fsp3) is 0.222. The average Bonchev–Trinajstić information content (AvgIpc) is 2.99. The molecule has 0 aliphatic heterocycles. The molecule has 0 aliphatic carbocycles. The van der Waals surface area contributed by atoms with Gasteiger partial charge in [-0.15, -0.1) is 0 Å². The van der Waals surface area contributed by atoms with E-state index in [4.69, 9.17) is 9.47 Å². The third kappa shape index (κ3) is 9.27. The summed E-state index contributed by atoms with van der Waals surface area (Å²) in [4.78, 5) is 51.6. The predicted molar refractivity (Wildman–Crippen MR) is 145 cm³/mol. The molecule has 42 heavy (non-hydrogen) atoms. The van der Waals surface area contributed by atoms with Gasteiger partial charge < -0.3 is 29.6 Å². The fourth-order valence-corrected chi connectivity index (χ4v) is 4.39. The van der Waals surface area contributed by atoms with Gasteiger partial charge in [-0.25, -0.2) is 13.1 Å². The van der Waals surface area contributed by atoms with Crippen molar-refractivity contribution >= 4 is 33.7 Å². The Kier molecular flexibility index (Phi) is 12.9. The van der Waals surface area contributed by atoms with Crippen molar-refractivity contribution < 1.29 is 71.4 Å². The third-order valence-corrected chi connectivity index (χ3v) is 6.97. The number of nitrogens with one attached hydrogen (secondary N) is 2. The molecular weight excluding hydrogens is 579 g/mol. The number of sulfonamides is 1. The molecule has 3 amide bonds. The zero-order valence-electron chi connectivity index (χ0n) is 23.4. The molecule has 1 heterocycles. The zero-order chi connectivity index (χ0) is 30.0. The molecule has 15 heteroatoms. The number of amides is 3. The van der Waals surface area contributed by atoms with Crippen LogP contribution in [-0.4, -0.2) is 71.5 Å². The van der Waals surface area contributed by atoms with Crippen molar-refractivity contribution in [1.82, 2.24) is 15.0 Å². The summed E-state index contributed by atoms with van der Waals surface area (Å²) in [6.07, 6.45) is 1.53. The Bertz CT molecular complexity index is 1530. The molecule has 0 aliphatic rings. The van der Waals surface area contributed by atoms with Crippen molar-refractivity contribution in [3.8, 4) is 11.5 Å². The molecule has 2 aromatic carbocycles. The third-order valence-electron chi connectivity index (χ3n) is 5.63. The quantitative estimate of drug-likeness (QED) is 0.189. The SMILES string of the molecule is COC(=O)C[N-]C(=O)c1ccc(C(=O)NS(=O)(=O)c2ccc(C(=O)NCCc3ccc(OC)c(OC)c3)cc2)cn1.[Na+]. The molecule has 0 atom stereocenters. The van der Waals surface area contributed by atoms with Gasteiger partial charge in [0.15, 0.2) is 11.5 Å². The van der Waals surface area contributed by atoms with Crippen molar-refractivity contribution in [2.24, 2.45) is 0 Å². The Morgan fingerprint density at radius 3 is 2.12 bits per heavy atom. The molecule has 3 aromatic rings. The van der Waals surface area contributed by atoms with Gasteiger partial charge in [0, 0.05) is 18.3 Å². The summed E-state index contributed by atoms with van der Waals surface area (Å²) >= 11 is 0. The Hall–Kier alpha value is -3.98. The number of carbonyl (C=O) groups excluding carboxylic acids is 4. The van der Waals surface area contributed by atoms with Gasteiger partial charge >= 0.3 is 29.6 Å². The molecule has 0 saturated carbocycles. The van der Waals surface area contributed by atoms with Gasteiger partial charge in [-0.2, -0.15) is 0 Å². The van der Waals surface area contributed by atoms with Gasteiger partial charge in [-0.3, -0.25) is 19.4 Å². The Morgan fingerprint density at radius 2 is 1.52 bits per heavy atom. The molecule has 0 spiro atoms. The number of hydrogen-bond acceptors (Lipinski definition) is 10. The van der Waals surface area contributed by atoms with Crippen LogP contribution in [0.2, 0.25) is 0 Å². The first-order valence-electron chi connectivity index (χ1n) is 12.0. The van der Waals surface area contributed by atoms with Gasteiger partial charge in [0.1, 0.15) is 5.91 Å². The van der Waals surface area contributed by atoms with Crippen LogP contribution in [0.4, 0.5) is 0 Å². The molecule has 13 nitrogen and oxygen atoms in total. The number of methoxy groups -OCH3 is 3. The number of pyridine rings is 1. The number of hydrogen-bond donors (Lipinski definition) is 2. The van der Waals surface area contributed by atoms with E-state index in [1.165, 1.54) is 43.5 Å². The summed E-state index contributed by atoms with van der Waals surface area (Å²) in [5.74, 6) is -1.73. The summed E-state index contributed by atoms with van der Waals surface area (Å²) < 4.78 is 42.2. The largest absolute Gasteiger partial charge is 1.00 e. The average molecular weight is 607 g/mol. The molecule has 2 N–H and O–H groups in total. The van der Waals surface area contributed by atoms with Crippen LogP contribution < -0.4 is 49.1 Å². The van der Waals surface area contributed by atoms with Crippen molar-refractivity contribution in [3.05, 3.63) is 88.5 Å². The molecule has 1 aromatic heterocycles. The Balaban J connectivity index is 0.00000616.